The van der Waals surface area contributed by atoms with Gasteiger partial charge in [0.25, 0.3) is 0 Å². The van der Waals surface area contributed by atoms with Gasteiger partial charge in [0.1, 0.15) is 6.61 Å². The summed E-state index contributed by atoms with van der Waals surface area (Å²) in [5.41, 5.74) is 0.679. The molecule has 0 unspecified atom stereocenters. The van der Waals surface area contributed by atoms with Gasteiger partial charge in [-0.25, -0.2) is 0 Å². The average molecular weight is 286 g/mol. The number of rotatable bonds is 5. The maximum absolute atomic E-state index is 11.0. The van der Waals surface area contributed by atoms with Crippen LogP contribution < -0.4 is 4.74 Å². The quantitative estimate of drug-likeness (QED) is 0.622. The Bertz CT molecular complexity index is 700. The van der Waals surface area contributed by atoms with Crippen LogP contribution in [0.3, 0.4) is 0 Å². The topological polar surface area (TPSA) is 94.0 Å². The van der Waals surface area contributed by atoms with Gasteiger partial charge in [-0.1, -0.05) is 0 Å². The van der Waals surface area contributed by atoms with Gasteiger partial charge in [0, 0.05) is 18.3 Å². The maximum Gasteiger partial charge on any atom is 0.312 e. The average Bonchev–Trinajstić information content (AvgIpc) is 2.94. The molecule has 1 aromatic carbocycles. The fourth-order valence-electron chi connectivity index (χ4n) is 1.75. The molecular weight excluding hydrogens is 272 g/mol. The Hall–Kier alpha value is -2.88. The van der Waals surface area contributed by atoms with Crippen LogP contribution >= 0.6 is 0 Å². The number of nitrogens with zero attached hydrogens (tertiary/aromatic N) is 4. The molecule has 21 heavy (non-hydrogen) atoms. The summed E-state index contributed by atoms with van der Waals surface area (Å²) in [5.74, 6) is 0.123. The fourth-order valence-corrected chi connectivity index (χ4v) is 1.75. The third kappa shape index (κ3) is 3.36. The SMILES string of the molecule is CC(C)n1ccc(COc2ccc(C#N)cc2[N+](=O)[O-])n1. The monoisotopic (exact) mass is 286 g/mol. The van der Waals surface area contributed by atoms with Gasteiger partial charge in [-0.05, 0) is 32.0 Å². The van der Waals surface area contributed by atoms with Crippen LogP contribution in [0.4, 0.5) is 5.69 Å². The lowest BCUT2D eigenvalue weighted by Gasteiger charge is -2.06. The summed E-state index contributed by atoms with van der Waals surface area (Å²) in [6.07, 6.45) is 1.83. The van der Waals surface area contributed by atoms with E-state index in [0.29, 0.717) is 5.69 Å². The lowest BCUT2D eigenvalue weighted by atomic mass is 10.2. The molecule has 0 saturated carbocycles. The van der Waals surface area contributed by atoms with Crippen LogP contribution in [0.1, 0.15) is 31.1 Å². The van der Waals surface area contributed by atoms with E-state index in [2.05, 4.69) is 5.10 Å². The largest absolute Gasteiger partial charge is 0.480 e. The molecule has 7 nitrogen and oxygen atoms in total. The van der Waals surface area contributed by atoms with Gasteiger partial charge in [0.2, 0.25) is 0 Å². The van der Waals surface area contributed by atoms with Gasteiger partial charge in [-0.3, -0.25) is 14.8 Å². The summed E-state index contributed by atoms with van der Waals surface area (Å²) < 4.78 is 7.23. The molecule has 2 aromatic rings. The first-order valence-corrected chi connectivity index (χ1v) is 6.36. The number of hydrogen-bond acceptors (Lipinski definition) is 5. The van der Waals surface area contributed by atoms with Crippen molar-refractivity contribution in [1.82, 2.24) is 9.78 Å². The number of aromatic nitrogens is 2. The third-order valence-corrected chi connectivity index (χ3v) is 2.85. The zero-order chi connectivity index (χ0) is 15.4. The van der Waals surface area contributed by atoms with Gasteiger partial charge in [-0.15, -0.1) is 0 Å². The first kappa shape index (κ1) is 14.5. The second-order valence-electron chi connectivity index (χ2n) is 4.72. The number of benzene rings is 1. The van der Waals surface area contributed by atoms with E-state index < -0.39 is 4.92 Å². The van der Waals surface area contributed by atoms with Crippen molar-refractivity contribution in [3.8, 4) is 11.8 Å². The molecule has 0 fully saturated rings. The van der Waals surface area contributed by atoms with E-state index >= 15 is 0 Å². The van der Waals surface area contributed by atoms with Crippen LogP contribution in [0.2, 0.25) is 0 Å². The summed E-state index contributed by atoms with van der Waals surface area (Å²) in [7, 11) is 0. The lowest BCUT2D eigenvalue weighted by Crippen LogP contribution is -2.04. The van der Waals surface area contributed by atoms with Crippen LogP contribution in [0, 0.1) is 21.4 Å². The Morgan fingerprint density at radius 1 is 1.48 bits per heavy atom. The minimum Gasteiger partial charge on any atom is -0.480 e. The molecule has 108 valence electrons. The van der Waals surface area contributed by atoms with Gasteiger partial charge < -0.3 is 4.74 Å². The molecule has 0 N–H and O–H groups in total. The summed E-state index contributed by atoms with van der Waals surface area (Å²) in [6.45, 7) is 4.14. The molecule has 0 aliphatic heterocycles. The fraction of sp³-hybridized carbons (Fsp3) is 0.286. The number of hydrogen-bond donors (Lipinski definition) is 0. The van der Waals surface area contributed by atoms with Gasteiger partial charge in [0.15, 0.2) is 5.75 Å². The minimum atomic E-state index is -0.567. The molecule has 0 atom stereocenters. The maximum atomic E-state index is 11.0. The molecule has 0 aliphatic rings. The molecule has 0 saturated heterocycles. The Kier molecular flexibility index (Phi) is 4.18. The minimum absolute atomic E-state index is 0.123. The zero-order valence-electron chi connectivity index (χ0n) is 11.7. The molecule has 0 radical (unpaired) electrons. The Balaban J connectivity index is 2.15. The van der Waals surface area contributed by atoms with E-state index in [1.165, 1.54) is 18.2 Å². The van der Waals surface area contributed by atoms with Crippen LogP contribution in [-0.4, -0.2) is 14.7 Å². The first-order valence-electron chi connectivity index (χ1n) is 6.36. The van der Waals surface area contributed by atoms with E-state index in [4.69, 9.17) is 10.00 Å². The summed E-state index contributed by atoms with van der Waals surface area (Å²) >= 11 is 0. The molecule has 0 aliphatic carbocycles. The van der Waals surface area contributed by atoms with Crippen molar-refractivity contribution in [2.75, 3.05) is 0 Å². The normalized spacial score (nSPS) is 10.4. The van der Waals surface area contributed by atoms with Crippen LogP contribution in [0.25, 0.3) is 0 Å². The Morgan fingerprint density at radius 3 is 2.81 bits per heavy atom. The van der Waals surface area contributed by atoms with Crippen LogP contribution in [-0.2, 0) is 6.61 Å². The first-order chi connectivity index (χ1) is 10.0. The second kappa shape index (κ2) is 6.05. The Labute approximate surface area is 121 Å². The third-order valence-electron chi connectivity index (χ3n) is 2.85. The van der Waals surface area contributed by atoms with Crippen molar-refractivity contribution >= 4 is 5.69 Å². The highest BCUT2D eigenvalue weighted by atomic mass is 16.6. The molecule has 0 bridgehead atoms. The van der Waals surface area contributed by atoms with Crippen molar-refractivity contribution in [2.45, 2.75) is 26.5 Å². The van der Waals surface area contributed by atoms with Gasteiger partial charge >= 0.3 is 5.69 Å². The van der Waals surface area contributed by atoms with Crippen molar-refractivity contribution < 1.29 is 9.66 Å². The number of nitriles is 1. The summed E-state index contributed by atoms with van der Waals surface area (Å²) in [4.78, 5) is 10.4. The molecule has 0 amide bonds. The van der Waals surface area contributed by atoms with E-state index in [0.717, 1.165) is 0 Å². The standard InChI is InChI=1S/C14H14N4O3/c1-10(2)17-6-5-12(16-17)9-21-14-4-3-11(8-15)7-13(14)18(19)20/h3-7,10H,9H2,1-2H3. The number of nitro groups is 1. The molecule has 7 heteroatoms. The number of ether oxygens (including phenoxy) is 1. The molecule has 0 spiro atoms. The highest BCUT2D eigenvalue weighted by Gasteiger charge is 2.16. The van der Waals surface area contributed by atoms with E-state index in [9.17, 15) is 10.1 Å². The Morgan fingerprint density at radius 2 is 2.24 bits per heavy atom. The van der Waals surface area contributed by atoms with E-state index in [1.807, 2.05) is 26.1 Å². The van der Waals surface area contributed by atoms with Crippen molar-refractivity contribution in [3.05, 3.63) is 51.8 Å². The molecule has 2 rings (SSSR count). The highest BCUT2D eigenvalue weighted by Crippen LogP contribution is 2.28. The van der Waals surface area contributed by atoms with Crippen molar-refractivity contribution in [1.29, 1.82) is 5.26 Å². The van der Waals surface area contributed by atoms with Crippen LogP contribution in [0.5, 0.6) is 5.75 Å². The van der Waals surface area contributed by atoms with Gasteiger partial charge in [-0.2, -0.15) is 10.4 Å². The van der Waals surface area contributed by atoms with E-state index in [1.54, 1.807) is 10.7 Å². The second-order valence-corrected chi connectivity index (χ2v) is 4.72. The summed E-state index contributed by atoms with van der Waals surface area (Å²) in [6, 6.07) is 8.01. The molecule has 1 aromatic heterocycles. The smallest absolute Gasteiger partial charge is 0.312 e. The van der Waals surface area contributed by atoms with E-state index in [-0.39, 0.29) is 29.6 Å². The van der Waals surface area contributed by atoms with Crippen molar-refractivity contribution in [2.24, 2.45) is 0 Å². The predicted molar refractivity (Wildman–Crippen MR) is 74.8 cm³/mol. The van der Waals surface area contributed by atoms with Gasteiger partial charge in [0.05, 0.1) is 22.2 Å². The van der Waals surface area contributed by atoms with Crippen LogP contribution in [0.15, 0.2) is 30.5 Å². The lowest BCUT2D eigenvalue weighted by molar-refractivity contribution is -0.386. The van der Waals surface area contributed by atoms with Crippen molar-refractivity contribution in [3.63, 3.8) is 0 Å². The predicted octanol–water partition coefficient (Wildman–Crippen LogP) is 2.82. The zero-order valence-corrected chi connectivity index (χ0v) is 11.7. The number of nitro benzene ring substituents is 1. The summed E-state index contributed by atoms with van der Waals surface area (Å²) in [5, 5.41) is 24.1. The molecular formula is C14H14N4O3. The molecule has 1 heterocycles. The highest BCUT2D eigenvalue weighted by molar-refractivity contribution is 5.51.